The van der Waals surface area contributed by atoms with Crippen molar-refractivity contribution in [2.75, 3.05) is 0 Å². The van der Waals surface area contributed by atoms with E-state index in [1.54, 1.807) is 0 Å². The van der Waals surface area contributed by atoms with E-state index in [4.69, 9.17) is 0 Å². The predicted molar refractivity (Wildman–Crippen MR) is 61.3 cm³/mol. The van der Waals surface area contributed by atoms with Gasteiger partial charge in [-0.15, -0.1) is 0 Å². The second-order valence-corrected chi connectivity index (χ2v) is 3.26. The molecule has 0 aromatic heterocycles. The average Bonchev–Trinajstić information content (AvgIpc) is 2.30. The monoisotopic (exact) mass is 183 g/mol. The maximum absolute atomic E-state index is 4.21. The number of aliphatic imine (C=N–C) groups is 1. The van der Waals surface area contributed by atoms with E-state index < -0.39 is 0 Å². The molecule has 0 amide bonds. The minimum absolute atomic E-state index is 0.942. The van der Waals surface area contributed by atoms with Crippen molar-refractivity contribution in [1.82, 2.24) is 0 Å². The first-order chi connectivity index (χ1) is 6.92. The van der Waals surface area contributed by atoms with E-state index in [9.17, 15) is 0 Å². The lowest BCUT2D eigenvalue weighted by Gasteiger charge is -2.12. The van der Waals surface area contributed by atoms with E-state index in [1.807, 2.05) is 18.5 Å². The second kappa shape index (κ2) is 4.05. The Bertz CT molecular complexity index is 397. The normalized spacial score (nSPS) is 18.4. The molecule has 0 fully saturated rings. The van der Waals surface area contributed by atoms with E-state index in [2.05, 4.69) is 42.3 Å². The van der Waals surface area contributed by atoms with E-state index >= 15 is 0 Å². The molecule has 14 heavy (non-hydrogen) atoms. The fourth-order valence-electron chi connectivity index (χ4n) is 1.62. The van der Waals surface area contributed by atoms with Gasteiger partial charge in [-0.2, -0.15) is 0 Å². The van der Waals surface area contributed by atoms with Crippen LogP contribution >= 0.6 is 0 Å². The number of allylic oxidation sites excluding steroid dienone is 3. The highest BCUT2D eigenvalue weighted by Gasteiger charge is 2.08. The number of benzene rings is 1. The van der Waals surface area contributed by atoms with Crippen LogP contribution in [0.5, 0.6) is 0 Å². The number of rotatable bonds is 1. The van der Waals surface area contributed by atoms with Gasteiger partial charge in [0.05, 0.1) is 0 Å². The highest BCUT2D eigenvalue weighted by molar-refractivity contribution is 5.86. The van der Waals surface area contributed by atoms with Crippen molar-refractivity contribution >= 4 is 11.8 Å². The van der Waals surface area contributed by atoms with Crippen LogP contribution in [0, 0.1) is 0 Å². The fourth-order valence-corrected chi connectivity index (χ4v) is 1.62. The van der Waals surface area contributed by atoms with Crippen molar-refractivity contribution in [2.45, 2.75) is 13.3 Å². The van der Waals surface area contributed by atoms with Crippen LogP contribution in [0.3, 0.4) is 0 Å². The first-order valence-electron chi connectivity index (χ1n) is 4.84. The third kappa shape index (κ3) is 1.67. The largest absolute Gasteiger partial charge is 0.268 e. The van der Waals surface area contributed by atoms with E-state index in [-0.39, 0.29) is 0 Å². The summed E-state index contributed by atoms with van der Waals surface area (Å²) in [7, 11) is 0. The van der Waals surface area contributed by atoms with Gasteiger partial charge in [-0.1, -0.05) is 36.4 Å². The van der Waals surface area contributed by atoms with Gasteiger partial charge < -0.3 is 0 Å². The third-order valence-corrected chi connectivity index (χ3v) is 2.40. The van der Waals surface area contributed by atoms with E-state index in [1.165, 1.54) is 16.7 Å². The second-order valence-electron chi connectivity index (χ2n) is 3.26. The standard InChI is InChI=1S/C13H13N/c1-2-11-8-9-14-10-13(11)12-6-4-3-5-7-12/h2-7,9-10H,8H2,1H3/b11-2-. The molecule has 0 unspecified atom stereocenters. The van der Waals surface area contributed by atoms with E-state index in [0.29, 0.717) is 0 Å². The highest BCUT2D eigenvalue weighted by atomic mass is 14.7. The van der Waals surface area contributed by atoms with Crippen LogP contribution in [-0.4, -0.2) is 6.21 Å². The van der Waals surface area contributed by atoms with Crippen molar-refractivity contribution < 1.29 is 0 Å². The maximum Gasteiger partial charge on any atom is 0.0345 e. The molecule has 1 aliphatic rings. The van der Waals surface area contributed by atoms with Crippen molar-refractivity contribution in [3.63, 3.8) is 0 Å². The van der Waals surface area contributed by atoms with Crippen LogP contribution in [-0.2, 0) is 0 Å². The van der Waals surface area contributed by atoms with Crippen LogP contribution in [0.15, 0.2) is 53.2 Å². The first kappa shape index (κ1) is 8.95. The molecular formula is C13H13N. The van der Waals surface area contributed by atoms with Gasteiger partial charge in [-0.3, -0.25) is 4.99 Å². The van der Waals surface area contributed by atoms with Gasteiger partial charge >= 0.3 is 0 Å². The Morgan fingerprint density at radius 3 is 2.71 bits per heavy atom. The molecule has 1 aliphatic heterocycles. The molecular weight excluding hydrogens is 170 g/mol. The summed E-state index contributed by atoms with van der Waals surface area (Å²) in [6, 6.07) is 10.4. The molecule has 1 aromatic carbocycles. The number of hydrogen-bond donors (Lipinski definition) is 0. The minimum atomic E-state index is 0.942. The Labute approximate surface area is 84.5 Å². The van der Waals surface area contributed by atoms with Crippen molar-refractivity contribution in [2.24, 2.45) is 4.99 Å². The molecule has 0 saturated heterocycles. The molecule has 0 bridgehead atoms. The fraction of sp³-hybridized carbons (Fsp3) is 0.154. The lowest BCUT2D eigenvalue weighted by molar-refractivity contribution is 1.30. The zero-order chi connectivity index (χ0) is 9.80. The Morgan fingerprint density at radius 1 is 1.21 bits per heavy atom. The molecule has 0 atom stereocenters. The van der Waals surface area contributed by atoms with Crippen LogP contribution in [0.4, 0.5) is 0 Å². The average molecular weight is 183 g/mol. The number of nitrogens with zero attached hydrogens (tertiary/aromatic N) is 1. The van der Waals surface area contributed by atoms with Gasteiger partial charge in [0, 0.05) is 24.4 Å². The lowest BCUT2D eigenvalue weighted by Crippen LogP contribution is -1.95. The Kier molecular flexibility index (Phi) is 2.59. The van der Waals surface area contributed by atoms with Gasteiger partial charge in [0.15, 0.2) is 0 Å². The van der Waals surface area contributed by atoms with Gasteiger partial charge in [0.1, 0.15) is 0 Å². The zero-order valence-corrected chi connectivity index (χ0v) is 8.27. The van der Waals surface area contributed by atoms with Gasteiger partial charge in [-0.05, 0) is 18.1 Å². The Hall–Kier alpha value is -1.63. The smallest absolute Gasteiger partial charge is 0.0345 e. The highest BCUT2D eigenvalue weighted by Crippen LogP contribution is 2.26. The van der Waals surface area contributed by atoms with Gasteiger partial charge in [0.2, 0.25) is 0 Å². The molecule has 1 heterocycles. The Morgan fingerprint density at radius 2 is 2.00 bits per heavy atom. The summed E-state index contributed by atoms with van der Waals surface area (Å²) < 4.78 is 0. The minimum Gasteiger partial charge on any atom is -0.268 e. The zero-order valence-electron chi connectivity index (χ0n) is 8.27. The molecule has 2 rings (SSSR count). The van der Waals surface area contributed by atoms with Crippen LogP contribution < -0.4 is 0 Å². The molecule has 0 spiro atoms. The summed E-state index contributed by atoms with van der Waals surface area (Å²) in [6.45, 7) is 2.07. The summed E-state index contributed by atoms with van der Waals surface area (Å²) >= 11 is 0. The molecule has 0 N–H and O–H groups in total. The predicted octanol–water partition coefficient (Wildman–Crippen LogP) is 3.45. The Balaban J connectivity index is 2.43. The van der Waals surface area contributed by atoms with E-state index in [0.717, 1.165) is 6.42 Å². The topological polar surface area (TPSA) is 12.4 Å². The molecule has 1 heteroatoms. The molecule has 1 nitrogen and oxygen atoms in total. The first-order valence-corrected chi connectivity index (χ1v) is 4.84. The van der Waals surface area contributed by atoms with Crippen molar-refractivity contribution in [3.8, 4) is 0 Å². The quantitative estimate of drug-likeness (QED) is 0.632. The lowest BCUT2D eigenvalue weighted by atomic mass is 9.95. The molecule has 70 valence electrons. The summed E-state index contributed by atoms with van der Waals surface area (Å²) in [5.74, 6) is 0. The van der Waals surface area contributed by atoms with Crippen molar-refractivity contribution in [1.29, 1.82) is 0 Å². The molecule has 0 aliphatic carbocycles. The molecule has 0 radical (unpaired) electrons. The van der Waals surface area contributed by atoms with Crippen LogP contribution in [0.2, 0.25) is 0 Å². The molecule has 1 aromatic rings. The van der Waals surface area contributed by atoms with Crippen LogP contribution in [0.25, 0.3) is 5.57 Å². The summed E-state index contributed by atoms with van der Waals surface area (Å²) in [5.41, 5.74) is 3.85. The SMILES string of the molecule is C/C=C1/CC=NC=C1c1ccccc1. The molecule has 0 saturated carbocycles. The number of hydrogen-bond acceptors (Lipinski definition) is 1. The van der Waals surface area contributed by atoms with Gasteiger partial charge in [-0.25, -0.2) is 0 Å². The summed E-state index contributed by atoms with van der Waals surface area (Å²) in [4.78, 5) is 4.21. The maximum atomic E-state index is 4.21. The van der Waals surface area contributed by atoms with Gasteiger partial charge in [0.25, 0.3) is 0 Å². The van der Waals surface area contributed by atoms with Crippen LogP contribution in [0.1, 0.15) is 18.9 Å². The summed E-state index contributed by atoms with van der Waals surface area (Å²) in [5, 5.41) is 0. The summed E-state index contributed by atoms with van der Waals surface area (Å²) in [6.07, 6.45) is 6.98. The van der Waals surface area contributed by atoms with Crippen molar-refractivity contribution in [3.05, 3.63) is 53.7 Å². The third-order valence-electron chi connectivity index (χ3n) is 2.40.